The van der Waals surface area contributed by atoms with Gasteiger partial charge in [-0.3, -0.25) is 4.79 Å². The second kappa shape index (κ2) is 34.1. The molecule has 6 nitrogen and oxygen atoms in total. The van der Waals surface area contributed by atoms with Crippen LogP contribution in [0.5, 0.6) is 0 Å². The van der Waals surface area contributed by atoms with Crippen molar-refractivity contribution in [1.29, 1.82) is 0 Å². The Hall–Kier alpha value is -1.21. The van der Waals surface area contributed by atoms with Crippen LogP contribution in [0.2, 0.25) is 0 Å². The van der Waals surface area contributed by atoms with Crippen LogP contribution in [0.3, 0.4) is 0 Å². The normalized spacial score (nSPS) is 14.7. The van der Waals surface area contributed by atoms with E-state index in [-0.39, 0.29) is 0 Å². The molecule has 0 aromatic heterocycles. The summed E-state index contributed by atoms with van der Waals surface area (Å²) in [6.45, 7) is 4.01. The fourth-order valence-electron chi connectivity index (χ4n) is 5.77. The molecule has 5 N–H and O–H groups in total. The van der Waals surface area contributed by atoms with Crippen molar-refractivity contribution in [3.8, 4) is 0 Å². The smallest absolute Gasteiger partial charge is 0.249 e. The first-order valence-electron chi connectivity index (χ1n) is 19.2. The third-order valence-electron chi connectivity index (χ3n) is 8.89. The monoisotopic (exact) mass is 638 g/mol. The summed E-state index contributed by atoms with van der Waals surface area (Å²) < 4.78 is 0. The summed E-state index contributed by atoms with van der Waals surface area (Å²) >= 11 is 0. The average Bonchev–Trinajstić information content (AvgIpc) is 3.04. The van der Waals surface area contributed by atoms with Crippen LogP contribution in [0.15, 0.2) is 24.3 Å². The van der Waals surface area contributed by atoms with Gasteiger partial charge in [-0.15, -0.1) is 0 Å². The maximum Gasteiger partial charge on any atom is 0.249 e. The molecule has 0 fully saturated rings. The summed E-state index contributed by atoms with van der Waals surface area (Å²) in [7, 11) is 0. The molecule has 0 aliphatic carbocycles. The molecule has 0 rings (SSSR count). The number of aliphatic hydroxyl groups is 4. The van der Waals surface area contributed by atoms with Gasteiger partial charge in [0.05, 0.1) is 18.8 Å². The number of aliphatic hydroxyl groups excluding tert-OH is 4. The fourth-order valence-corrected chi connectivity index (χ4v) is 5.77. The van der Waals surface area contributed by atoms with Gasteiger partial charge in [-0.05, 0) is 51.4 Å². The lowest BCUT2D eigenvalue weighted by molar-refractivity contribution is -0.132. The minimum Gasteiger partial charge on any atom is -0.394 e. The van der Waals surface area contributed by atoms with Gasteiger partial charge in [0, 0.05) is 0 Å². The first-order chi connectivity index (χ1) is 22.0. The highest BCUT2D eigenvalue weighted by Crippen LogP contribution is 2.15. The minimum atomic E-state index is -1.28. The zero-order valence-electron chi connectivity index (χ0n) is 29.6. The molecule has 0 radical (unpaired) electrons. The fraction of sp³-hybridized carbons (Fsp3) is 0.872. The largest absolute Gasteiger partial charge is 0.394 e. The Labute approximate surface area is 278 Å². The van der Waals surface area contributed by atoms with Gasteiger partial charge in [0.1, 0.15) is 12.2 Å². The Morgan fingerprint density at radius 1 is 0.533 bits per heavy atom. The van der Waals surface area contributed by atoms with Gasteiger partial charge in [-0.25, -0.2) is 0 Å². The van der Waals surface area contributed by atoms with Crippen LogP contribution in [-0.4, -0.2) is 57.3 Å². The predicted molar refractivity (Wildman–Crippen MR) is 191 cm³/mol. The molecule has 6 heteroatoms. The number of hydrogen-bond acceptors (Lipinski definition) is 5. The predicted octanol–water partition coefficient (Wildman–Crippen LogP) is 9.23. The Morgan fingerprint density at radius 2 is 0.933 bits per heavy atom. The molecule has 0 saturated heterocycles. The second-order valence-corrected chi connectivity index (χ2v) is 13.3. The number of carbonyl (C=O) groups excluding carboxylic acids is 1. The lowest BCUT2D eigenvalue weighted by Crippen LogP contribution is -2.53. The second-order valence-electron chi connectivity index (χ2n) is 13.3. The number of rotatable bonds is 34. The highest BCUT2D eigenvalue weighted by atomic mass is 16.3. The van der Waals surface area contributed by atoms with Crippen LogP contribution < -0.4 is 5.32 Å². The van der Waals surface area contributed by atoms with Crippen LogP contribution in [-0.2, 0) is 4.79 Å². The summed E-state index contributed by atoms with van der Waals surface area (Å²) in [6.07, 6.45) is 36.2. The van der Waals surface area contributed by atoms with Gasteiger partial charge < -0.3 is 25.7 Å². The lowest BCUT2D eigenvalue weighted by Gasteiger charge is -2.27. The van der Waals surface area contributed by atoms with E-state index in [2.05, 4.69) is 43.5 Å². The summed E-state index contributed by atoms with van der Waals surface area (Å²) in [5.41, 5.74) is 0. The van der Waals surface area contributed by atoms with Crippen LogP contribution in [0.1, 0.15) is 187 Å². The third-order valence-corrected chi connectivity index (χ3v) is 8.89. The van der Waals surface area contributed by atoms with Crippen LogP contribution in [0.25, 0.3) is 0 Å². The van der Waals surface area contributed by atoms with Crippen molar-refractivity contribution in [3.05, 3.63) is 24.3 Å². The Morgan fingerprint density at radius 3 is 1.40 bits per heavy atom. The number of amides is 1. The quantitative estimate of drug-likeness (QED) is 0.0357. The van der Waals surface area contributed by atoms with Gasteiger partial charge in [0.15, 0.2) is 0 Å². The maximum atomic E-state index is 12.4. The Kier molecular flexibility index (Phi) is 33.2. The van der Waals surface area contributed by atoms with Crippen molar-refractivity contribution in [2.75, 3.05) is 6.61 Å². The van der Waals surface area contributed by atoms with Crippen molar-refractivity contribution >= 4 is 5.91 Å². The number of unbranched alkanes of at least 4 members (excludes halogenated alkanes) is 21. The Balaban J connectivity index is 3.87. The van der Waals surface area contributed by atoms with E-state index in [9.17, 15) is 25.2 Å². The van der Waals surface area contributed by atoms with Crippen LogP contribution >= 0.6 is 0 Å². The minimum absolute atomic E-state index is 0.363. The van der Waals surface area contributed by atoms with E-state index in [0.717, 1.165) is 38.5 Å². The molecule has 4 atom stereocenters. The highest BCUT2D eigenvalue weighted by molar-refractivity contribution is 5.80. The van der Waals surface area contributed by atoms with Crippen LogP contribution in [0.4, 0.5) is 0 Å². The summed E-state index contributed by atoms with van der Waals surface area (Å²) in [6, 6.07) is -1.00. The molecule has 266 valence electrons. The first kappa shape index (κ1) is 43.8. The lowest BCUT2D eigenvalue weighted by atomic mass is 10.00. The molecular weight excluding hydrogens is 562 g/mol. The zero-order valence-corrected chi connectivity index (χ0v) is 29.6. The van der Waals surface area contributed by atoms with Gasteiger partial charge in [0.25, 0.3) is 0 Å². The zero-order chi connectivity index (χ0) is 33.2. The topological polar surface area (TPSA) is 110 Å². The average molecular weight is 638 g/mol. The highest BCUT2D eigenvalue weighted by Gasteiger charge is 2.28. The molecule has 0 saturated carbocycles. The number of nitrogens with one attached hydrogen (secondary N) is 1. The molecule has 0 heterocycles. The van der Waals surface area contributed by atoms with Crippen molar-refractivity contribution in [3.63, 3.8) is 0 Å². The van der Waals surface area contributed by atoms with Gasteiger partial charge in [-0.1, -0.05) is 160 Å². The van der Waals surface area contributed by atoms with E-state index < -0.39 is 36.9 Å². The molecule has 0 bridgehead atoms. The third kappa shape index (κ3) is 28.7. The van der Waals surface area contributed by atoms with E-state index in [0.29, 0.717) is 19.3 Å². The Bertz CT molecular complexity index is 682. The standard InChI is InChI=1S/C39H75NO5/c1-3-5-7-9-11-13-15-17-19-21-22-24-26-28-30-32-36(42)38(44)35(34-41)40-39(45)37(43)33-31-29-27-25-23-20-18-16-14-12-10-8-6-4-2/h17,19,24,26,35-38,41-44H,3-16,18,20-23,25,27-34H2,1-2H3,(H,40,45)/b19-17+,26-24+. The van der Waals surface area contributed by atoms with Crippen molar-refractivity contribution in [1.82, 2.24) is 5.32 Å². The van der Waals surface area contributed by atoms with E-state index in [1.165, 1.54) is 116 Å². The molecule has 0 aliphatic rings. The maximum absolute atomic E-state index is 12.4. The van der Waals surface area contributed by atoms with Gasteiger partial charge >= 0.3 is 0 Å². The van der Waals surface area contributed by atoms with Crippen LogP contribution in [0, 0.1) is 0 Å². The molecule has 0 spiro atoms. The molecule has 4 unspecified atom stereocenters. The molecule has 0 aromatic rings. The van der Waals surface area contributed by atoms with E-state index in [1.807, 2.05) is 0 Å². The number of hydrogen-bond donors (Lipinski definition) is 5. The van der Waals surface area contributed by atoms with Crippen molar-refractivity contribution in [2.24, 2.45) is 0 Å². The molecular formula is C39H75NO5. The van der Waals surface area contributed by atoms with E-state index in [4.69, 9.17) is 0 Å². The number of carbonyl (C=O) groups is 1. The molecule has 45 heavy (non-hydrogen) atoms. The van der Waals surface area contributed by atoms with Crippen molar-refractivity contribution < 1.29 is 25.2 Å². The van der Waals surface area contributed by atoms with Gasteiger partial charge in [0.2, 0.25) is 5.91 Å². The summed E-state index contributed by atoms with van der Waals surface area (Å²) in [5, 5.41) is 43.4. The number of allylic oxidation sites excluding steroid dienone is 4. The van der Waals surface area contributed by atoms with E-state index >= 15 is 0 Å². The summed E-state index contributed by atoms with van der Waals surface area (Å²) in [4.78, 5) is 12.4. The molecule has 1 amide bonds. The molecule has 0 aromatic carbocycles. The van der Waals surface area contributed by atoms with E-state index in [1.54, 1.807) is 0 Å². The molecule has 0 aliphatic heterocycles. The first-order valence-corrected chi connectivity index (χ1v) is 19.2. The summed E-state index contributed by atoms with van der Waals surface area (Å²) in [5.74, 6) is -0.598. The SMILES string of the molecule is CCCCCCCC/C=C/CC/C=C/CCCC(O)C(O)C(CO)NC(=O)C(O)CCCCCCCCCCCCCCCC. The van der Waals surface area contributed by atoms with Gasteiger partial charge in [-0.2, -0.15) is 0 Å². The van der Waals surface area contributed by atoms with Crippen molar-refractivity contribution in [2.45, 2.75) is 212 Å².